The third-order valence-corrected chi connectivity index (χ3v) is 2.93. The van der Waals surface area contributed by atoms with Gasteiger partial charge in [0.05, 0.1) is 0 Å². The molecule has 0 heterocycles. The maximum Gasteiger partial charge on any atom is 0.0180 e. The number of halogens is 1. The monoisotopic (exact) mass is 271 g/mol. The molecule has 0 radical (unpaired) electrons. The zero-order valence-electron chi connectivity index (χ0n) is 9.97. The van der Waals surface area contributed by atoms with Gasteiger partial charge in [0.15, 0.2) is 0 Å². The highest BCUT2D eigenvalue weighted by Gasteiger charge is 2.08. The minimum Gasteiger partial charge on any atom is -0.326 e. The van der Waals surface area contributed by atoms with Crippen LogP contribution in [0.15, 0.2) is 12.1 Å². The predicted molar refractivity (Wildman–Crippen MR) is 72.8 cm³/mol. The van der Waals surface area contributed by atoms with E-state index in [0.717, 1.165) is 19.3 Å². The fourth-order valence-corrected chi connectivity index (χ4v) is 2.19. The van der Waals surface area contributed by atoms with Gasteiger partial charge in [-0.15, -0.1) is 17.0 Å². The molecular weight excluding hydrogens is 250 g/mol. The summed E-state index contributed by atoms with van der Waals surface area (Å²) < 4.78 is 0. The SMILES string of the molecule is Br.CCc1ccc(CN)c(CC)c1CC. The van der Waals surface area contributed by atoms with Gasteiger partial charge in [-0.05, 0) is 41.5 Å². The standard InChI is InChI=1S/C13H21N.BrH/c1-4-10-7-8-11(9-14)13(6-3)12(10)5-2;/h7-8H,4-6,9,14H2,1-3H3;1H. The first-order valence-corrected chi connectivity index (χ1v) is 5.60. The van der Waals surface area contributed by atoms with E-state index in [1.54, 1.807) is 0 Å². The molecule has 15 heavy (non-hydrogen) atoms. The lowest BCUT2D eigenvalue weighted by atomic mass is 9.91. The van der Waals surface area contributed by atoms with Crippen molar-refractivity contribution in [1.82, 2.24) is 0 Å². The third kappa shape index (κ3) is 3.05. The Labute approximate surface area is 104 Å². The van der Waals surface area contributed by atoms with Gasteiger partial charge in [0, 0.05) is 6.54 Å². The van der Waals surface area contributed by atoms with Crippen LogP contribution in [0.5, 0.6) is 0 Å². The van der Waals surface area contributed by atoms with E-state index in [-0.39, 0.29) is 17.0 Å². The Morgan fingerprint density at radius 1 is 0.867 bits per heavy atom. The van der Waals surface area contributed by atoms with Gasteiger partial charge in [-0.2, -0.15) is 0 Å². The number of hydrogen-bond acceptors (Lipinski definition) is 1. The molecule has 1 rings (SSSR count). The highest BCUT2D eigenvalue weighted by Crippen LogP contribution is 2.21. The second-order valence-electron chi connectivity index (χ2n) is 3.61. The van der Waals surface area contributed by atoms with Crippen LogP contribution < -0.4 is 5.73 Å². The summed E-state index contributed by atoms with van der Waals surface area (Å²) in [6.07, 6.45) is 3.35. The van der Waals surface area contributed by atoms with Crippen molar-refractivity contribution in [2.45, 2.75) is 46.6 Å². The Kier molecular flexibility index (Phi) is 6.86. The first-order chi connectivity index (χ1) is 6.78. The van der Waals surface area contributed by atoms with Crippen molar-refractivity contribution in [3.63, 3.8) is 0 Å². The zero-order chi connectivity index (χ0) is 10.6. The lowest BCUT2D eigenvalue weighted by Gasteiger charge is -2.15. The lowest BCUT2D eigenvalue weighted by molar-refractivity contribution is 0.933. The maximum atomic E-state index is 5.74. The molecule has 0 saturated heterocycles. The highest BCUT2D eigenvalue weighted by molar-refractivity contribution is 8.93. The zero-order valence-corrected chi connectivity index (χ0v) is 11.7. The van der Waals surface area contributed by atoms with Crippen LogP contribution in [-0.2, 0) is 25.8 Å². The van der Waals surface area contributed by atoms with E-state index in [0.29, 0.717) is 6.54 Å². The van der Waals surface area contributed by atoms with Crippen LogP contribution in [0.3, 0.4) is 0 Å². The van der Waals surface area contributed by atoms with Crippen molar-refractivity contribution in [2.24, 2.45) is 5.73 Å². The van der Waals surface area contributed by atoms with Gasteiger partial charge in [-0.3, -0.25) is 0 Å². The van der Waals surface area contributed by atoms with Crippen molar-refractivity contribution in [3.05, 3.63) is 34.4 Å². The Morgan fingerprint density at radius 2 is 1.33 bits per heavy atom. The Morgan fingerprint density at radius 3 is 1.73 bits per heavy atom. The second-order valence-corrected chi connectivity index (χ2v) is 3.61. The minimum absolute atomic E-state index is 0. The Bertz CT molecular complexity index is 277. The van der Waals surface area contributed by atoms with Crippen LogP contribution in [0.25, 0.3) is 0 Å². The molecule has 0 spiro atoms. The molecule has 0 bridgehead atoms. The lowest BCUT2D eigenvalue weighted by Crippen LogP contribution is -2.06. The number of nitrogens with two attached hydrogens (primary N) is 1. The van der Waals surface area contributed by atoms with Gasteiger partial charge < -0.3 is 5.73 Å². The van der Waals surface area contributed by atoms with Crippen LogP contribution in [0.1, 0.15) is 43.0 Å². The molecule has 1 aromatic rings. The molecule has 0 aromatic heterocycles. The molecule has 0 atom stereocenters. The van der Waals surface area contributed by atoms with Crippen LogP contribution in [0, 0.1) is 0 Å². The van der Waals surface area contributed by atoms with Gasteiger partial charge >= 0.3 is 0 Å². The largest absolute Gasteiger partial charge is 0.326 e. The summed E-state index contributed by atoms with van der Waals surface area (Å²) in [5, 5.41) is 0. The van der Waals surface area contributed by atoms with Crippen molar-refractivity contribution in [3.8, 4) is 0 Å². The van der Waals surface area contributed by atoms with Gasteiger partial charge in [0.2, 0.25) is 0 Å². The van der Waals surface area contributed by atoms with Crippen molar-refractivity contribution in [1.29, 1.82) is 0 Å². The molecule has 0 unspecified atom stereocenters. The van der Waals surface area contributed by atoms with Crippen LogP contribution in [0.4, 0.5) is 0 Å². The Hall–Kier alpha value is -0.340. The van der Waals surface area contributed by atoms with E-state index >= 15 is 0 Å². The van der Waals surface area contributed by atoms with Gasteiger partial charge in [-0.1, -0.05) is 32.9 Å². The second kappa shape index (κ2) is 7.02. The van der Waals surface area contributed by atoms with E-state index < -0.39 is 0 Å². The summed E-state index contributed by atoms with van der Waals surface area (Å²) in [4.78, 5) is 0. The maximum absolute atomic E-state index is 5.74. The molecule has 0 fully saturated rings. The van der Waals surface area contributed by atoms with Gasteiger partial charge in [0.25, 0.3) is 0 Å². The van der Waals surface area contributed by atoms with Crippen molar-refractivity contribution in [2.75, 3.05) is 0 Å². The highest BCUT2D eigenvalue weighted by atomic mass is 79.9. The normalized spacial score (nSPS) is 9.87. The van der Waals surface area contributed by atoms with E-state index in [2.05, 4.69) is 32.9 Å². The number of benzene rings is 1. The molecule has 2 N–H and O–H groups in total. The summed E-state index contributed by atoms with van der Waals surface area (Å²) >= 11 is 0. The molecular formula is C13H22BrN. The fourth-order valence-electron chi connectivity index (χ4n) is 2.19. The average molecular weight is 272 g/mol. The number of aryl methyl sites for hydroxylation is 1. The van der Waals surface area contributed by atoms with Crippen molar-refractivity contribution >= 4 is 17.0 Å². The van der Waals surface area contributed by atoms with Gasteiger partial charge in [-0.25, -0.2) is 0 Å². The van der Waals surface area contributed by atoms with Gasteiger partial charge in [0.1, 0.15) is 0 Å². The molecule has 0 saturated carbocycles. The number of hydrogen-bond donors (Lipinski definition) is 1. The quantitative estimate of drug-likeness (QED) is 0.893. The van der Waals surface area contributed by atoms with Crippen LogP contribution >= 0.6 is 17.0 Å². The predicted octanol–water partition coefficient (Wildman–Crippen LogP) is 3.41. The number of rotatable bonds is 4. The van der Waals surface area contributed by atoms with Crippen LogP contribution in [0.2, 0.25) is 0 Å². The molecule has 0 aliphatic carbocycles. The van der Waals surface area contributed by atoms with E-state index in [1.807, 2.05) is 0 Å². The topological polar surface area (TPSA) is 26.0 Å². The molecule has 0 aliphatic heterocycles. The van der Waals surface area contributed by atoms with E-state index in [4.69, 9.17) is 5.73 Å². The first kappa shape index (κ1) is 14.7. The summed E-state index contributed by atoms with van der Waals surface area (Å²) in [5.41, 5.74) is 11.6. The summed E-state index contributed by atoms with van der Waals surface area (Å²) in [5.74, 6) is 0. The van der Waals surface area contributed by atoms with E-state index in [1.165, 1.54) is 22.3 Å². The average Bonchev–Trinajstić information content (AvgIpc) is 2.26. The smallest absolute Gasteiger partial charge is 0.0180 e. The van der Waals surface area contributed by atoms with Crippen molar-refractivity contribution < 1.29 is 0 Å². The third-order valence-electron chi connectivity index (χ3n) is 2.93. The molecule has 2 heteroatoms. The molecule has 86 valence electrons. The molecule has 1 nitrogen and oxygen atoms in total. The van der Waals surface area contributed by atoms with E-state index in [9.17, 15) is 0 Å². The van der Waals surface area contributed by atoms with Crippen LogP contribution in [-0.4, -0.2) is 0 Å². The summed E-state index contributed by atoms with van der Waals surface area (Å²) in [6, 6.07) is 4.43. The fraction of sp³-hybridized carbons (Fsp3) is 0.538. The molecule has 0 amide bonds. The molecule has 1 aromatic carbocycles. The summed E-state index contributed by atoms with van der Waals surface area (Å²) in [7, 11) is 0. The Balaban J connectivity index is 0.00000196. The molecule has 0 aliphatic rings. The summed E-state index contributed by atoms with van der Waals surface area (Å²) in [6.45, 7) is 7.33. The first-order valence-electron chi connectivity index (χ1n) is 5.60. The minimum atomic E-state index is 0.